The normalized spacial score (nSPS) is 20.1. The average molecular weight is 248 g/mol. The Kier molecular flexibility index (Phi) is 4.93. The van der Waals surface area contributed by atoms with Crippen LogP contribution in [-0.4, -0.2) is 36.4 Å². The molecular weight excluding hydrogens is 224 g/mol. The van der Waals surface area contributed by atoms with Crippen LogP contribution in [-0.2, 0) is 6.42 Å². The second-order valence-electron chi connectivity index (χ2n) is 5.03. The fourth-order valence-corrected chi connectivity index (χ4v) is 2.65. The van der Waals surface area contributed by atoms with Crippen molar-refractivity contribution in [2.45, 2.75) is 45.1 Å². The van der Waals surface area contributed by atoms with E-state index in [0.717, 1.165) is 37.4 Å². The van der Waals surface area contributed by atoms with E-state index in [1.807, 2.05) is 7.05 Å². The second-order valence-corrected chi connectivity index (χ2v) is 5.03. The number of rotatable bonds is 5. The van der Waals surface area contributed by atoms with E-state index >= 15 is 0 Å². The summed E-state index contributed by atoms with van der Waals surface area (Å²) in [5.74, 6) is 1.04. The summed E-state index contributed by atoms with van der Waals surface area (Å²) in [6, 6.07) is 4.82. The molecule has 0 radical (unpaired) electrons. The molecule has 0 bridgehead atoms. The van der Waals surface area contributed by atoms with Crippen LogP contribution in [0.4, 0.5) is 5.82 Å². The highest BCUT2D eigenvalue weighted by Gasteiger charge is 2.22. The Balaban J connectivity index is 2.07. The molecule has 1 saturated heterocycles. The van der Waals surface area contributed by atoms with Crippen molar-refractivity contribution in [3.8, 4) is 0 Å². The SMILES string of the molecule is CCCc1ccc(N2CCCCC2CNC)nn1. The lowest BCUT2D eigenvalue weighted by Crippen LogP contribution is -2.45. The van der Waals surface area contributed by atoms with Gasteiger partial charge in [0.25, 0.3) is 0 Å². The molecule has 0 aliphatic carbocycles. The van der Waals surface area contributed by atoms with Gasteiger partial charge in [-0.15, -0.1) is 5.10 Å². The van der Waals surface area contributed by atoms with E-state index in [0.29, 0.717) is 6.04 Å². The van der Waals surface area contributed by atoms with Gasteiger partial charge in [-0.25, -0.2) is 0 Å². The molecule has 1 aliphatic rings. The molecule has 0 saturated carbocycles. The average Bonchev–Trinajstić information content (AvgIpc) is 2.41. The molecular formula is C14H24N4. The van der Waals surface area contributed by atoms with E-state index in [1.165, 1.54) is 19.3 Å². The number of nitrogens with one attached hydrogen (secondary N) is 1. The van der Waals surface area contributed by atoms with Crippen LogP contribution in [0.25, 0.3) is 0 Å². The van der Waals surface area contributed by atoms with E-state index in [9.17, 15) is 0 Å². The summed E-state index contributed by atoms with van der Waals surface area (Å²) in [6.07, 6.45) is 5.98. The van der Waals surface area contributed by atoms with Crippen molar-refractivity contribution in [1.82, 2.24) is 15.5 Å². The first-order valence-corrected chi connectivity index (χ1v) is 7.09. The van der Waals surface area contributed by atoms with Gasteiger partial charge in [0, 0.05) is 19.1 Å². The molecule has 1 aliphatic heterocycles. The number of nitrogens with zero attached hydrogens (tertiary/aromatic N) is 3. The highest BCUT2D eigenvalue weighted by atomic mass is 15.3. The van der Waals surface area contributed by atoms with E-state index in [2.05, 4.69) is 39.5 Å². The molecule has 4 heteroatoms. The van der Waals surface area contributed by atoms with E-state index in [-0.39, 0.29) is 0 Å². The minimum Gasteiger partial charge on any atom is -0.351 e. The molecule has 0 amide bonds. The number of hydrogen-bond acceptors (Lipinski definition) is 4. The minimum atomic E-state index is 0.565. The summed E-state index contributed by atoms with van der Waals surface area (Å²) in [5.41, 5.74) is 1.10. The molecule has 2 rings (SSSR count). The highest BCUT2D eigenvalue weighted by molar-refractivity contribution is 5.39. The van der Waals surface area contributed by atoms with Gasteiger partial charge in [0.15, 0.2) is 5.82 Å². The molecule has 0 aromatic carbocycles. The molecule has 0 spiro atoms. The van der Waals surface area contributed by atoms with E-state index < -0.39 is 0 Å². The van der Waals surface area contributed by atoms with Crippen LogP contribution in [0, 0.1) is 0 Å². The third-order valence-electron chi connectivity index (χ3n) is 3.57. The molecule has 1 atom stereocenters. The topological polar surface area (TPSA) is 41.0 Å². The predicted octanol–water partition coefficient (Wildman–Crippen LogP) is 2.01. The Morgan fingerprint density at radius 2 is 2.22 bits per heavy atom. The van der Waals surface area contributed by atoms with Crippen LogP contribution in [0.5, 0.6) is 0 Å². The van der Waals surface area contributed by atoms with Gasteiger partial charge in [0.1, 0.15) is 0 Å². The molecule has 1 unspecified atom stereocenters. The minimum absolute atomic E-state index is 0.565. The third-order valence-corrected chi connectivity index (χ3v) is 3.57. The van der Waals surface area contributed by atoms with Crippen LogP contribution in [0.3, 0.4) is 0 Å². The lowest BCUT2D eigenvalue weighted by Gasteiger charge is -2.36. The molecule has 4 nitrogen and oxygen atoms in total. The zero-order chi connectivity index (χ0) is 12.8. The first-order valence-electron chi connectivity index (χ1n) is 7.09. The number of likely N-dealkylation sites (N-methyl/N-ethyl adjacent to an activating group) is 1. The van der Waals surface area contributed by atoms with Crippen molar-refractivity contribution >= 4 is 5.82 Å². The Morgan fingerprint density at radius 3 is 2.89 bits per heavy atom. The van der Waals surface area contributed by atoms with Crippen LogP contribution in [0.2, 0.25) is 0 Å². The standard InChI is InChI=1S/C14H24N4/c1-3-6-12-8-9-14(17-16-12)18-10-5-4-7-13(18)11-15-2/h8-9,13,15H,3-7,10-11H2,1-2H3. The molecule has 1 fully saturated rings. The van der Waals surface area contributed by atoms with E-state index in [1.54, 1.807) is 0 Å². The smallest absolute Gasteiger partial charge is 0.151 e. The molecule has 18 heavy (non-hydrogen) atoms. The van der Waals surface area contributed by atoms with Crippen molar-refractivity contribution < 1.29 is 0 Å². The Labute approximate surface area is 110 Å². The van der Waals surface area contributed by atoms with Crippen molar-refractivity contribution in [2.75, 3.05) is 25.0 Å². The quantitative estimate of drug-likeness (QED) is 0.865. The summed E-state index contributed by atoms with van der Waals surface area (Å²) in [6.45, 7) is 4.30. The largest absolute Gasteiger partial charge is 0.351 e. The van der Waals surface area contributed by atoms with Crippen LogP contribution in [0.15, 0.2) is 12.1 Å². The number of aromatic nitrogens is 2. The summed E-state index contributed by atoms with van der Waals surface area (Å²) in [5, 5.41) is 12.0. The maximum Gasteiger partial charge on any atom is 0.151 e. The third kappa shape index (κ3) is 3.19. The first-order chi connectivity index (χ1) is 8.85. The summed E-state index contributed by atoms with van der Waals surface area (Å²) >= 11 is 0. The monoisotopic (exact) mass is 248 g/mol. The highest BCUT2D eigenvalue weighted by Crippen LogP contribution is 2.22. The number of anilines is 1. The number of piperidine rings is 1. The maximum atomic E-state index is 4.40. The Bertz CT molecular complexity index is 347. The van der Waals surface area contributed by atoms with Gasteiger partial charge in [-0.3, -0.25) is 0 Å². The lowest BCUT2D eigenvalue weighted by molar-refractivity contribution is 0.442. The summed E-state index contributed by atoms with van der Waals surface area (Å²) in [4.78, 5) is 2.41. The van der Waals surface area contributed by atoms with E-state index in [4.69, 9.17) is 0 Å². The van der Waals surface area contributed by atoms with Crippen molar-refractivity contribution in [1.29, 1.82) is 0 Å². The molecule has 1 N–H and O–H groups in total. The number of aryl methyl sites for hydroxylation is 1. The predicted molar refractivity (Wildman–Crippen MR) is 74.9 cm³/mol. The summed E-state index contributed by atoms with van der Waals surface area (Å²) < 4.78 is 0. The van der Waals surface area contributed by atoms with Crippen molar-refractivity contribution in [3.05, 3.63) is 17.8 Å². The fourth-order valence-electron chi connectivity index (χ4n) is 2.65. The number of hydrogen-bond donors (Lipinski definition) is 1. The van der Waals surface area contributed by atoms with Crippen molar-refractivity contribution in [2.24, 2.45) is 0 Å². The molecule has 2 heterocycles. The second kappa shape index (κ2) is 6.69. The van der Waals surface area contributed by atoms with Gasteiger partial charge in [-0.1, -0.05) is 13.3 Å². The van der Waals surface area contributed by atoms with Gasteiger partial charge in [-0.05, 0) is 44.9 Å². The zero-order valence-electron chi connectivity index (χ0n) is 11.5. The molecule has 1 aromatic heterocycles. The maximum absolute atomic E-state index is 4.40. The summed E-state index contributed by atoms with van der Waals surface area (Å²) in [7, 11) is 2.02. The zero-order valence-corrected chi connectivity index (χ0v) is 11.5. The Morgan fingerprint density at radius 1 is 1.33 bits per heavy atom. The first kappa shape index (κ1) is 13.3. The van der Waals surface area contributed by atoms with Gasteiger partial charge in [0.2, 0.25) is 0 Å². The van der Waals surface area contributed by atoms with Gasteiger partial charge < -0.3 is 10.2 Å². The molecule has 100 valence electrons. The van der Waals surface area contributed by atoms with Gasteiger partial charge in [-0.2, -0.15) is 5.10 Å². The van der Waals surface area contributed by atoms with Gasteiger partial charge in [0.05, 0.1) is 5.69 Å². The fraction of sp³-hybridized carbons (Fsp3) is 0.714. The van der Waals surface area contributed by atoms with Crippen LogP contribution < -0.4 is 10.2 Å². The van der Waals surface area contributed by atoms with Crippen LogP contribution in [0.1, 0.15) is 38.3 Å². The van der Waals surface area contributed by atoms with Crippen molar-refractivity contribution in [3.63, 3.8) is 0 Å². The van der Waals surface area contributed by atoms with Crippen LogP contribution >= 0.6 is 0 Å². The van der Waals surface area contributed by atoms with Gasteiger partial charge >= 0.3 is 0 Å². The Hall–Kier alpha value is -1.16. The molecule has 1 aromatic rings. The lowest BCUT2D eigenvalue weighted by atomic mass is 10.0.